The largest absolute Gasteiger partial charge is 0.497 e. The van der Waals surface area contributed by atoms with Gasteiger partial charge in [-0.25, -0.2) is 0 Å². The number of nitro groups is 1. The van der Waals surface area contributed by atoms with Crippen LogP contribution in [0.15, 0.2) is 78.9 Å². The zero-order valence-electron chi connectivity index (χ0n) is 21.8. The van der Waals surface area contributed by atoms with Gasteiger partial charge in [-0.2, -0.15) is 5.26 Å². The summed E-state index contributed by atoms with van der Waals surface area (Å²) >= 11 is 0. The lowest BCUT2D eigenvalue weighted by Gasteiger charge is -2.17. The molecule has 0 aliphatic rings. The molecule has 0 bridgehead atoms. The summed E-state index contributed by atoms with van der Waals surface area (Å²) in [5, 5.41) is 23.4. The summed E-state index contributed by atoms with van der Waals surface area (Å²) in [4.78, 5) is 23.2. The highest BCUT2D eigenvalue weighted by molar-refractivity contribution is 6.01. The number of hydrogen-bond donors (Lipinski definition) is 1. The van der Waals surface area contributed by atoms with Crippen LogP contribution in [-0.2, 0) is 24.4 Å². The summed E-state index contributed by atoms with van der Waals surface area (Å²) in [5.74, 6) is 1.15. The Bertz CT molecular complexity index is 1390. The third-order valence-corrected chi connectivity index (χ3v) is 5.64. The Labute approximate surface area is 227 Å². The van der Waals surface area contributed by atoms with Gasteiger partial charge >= 0.3 is 0 Å². The quantitative estimate of drug-likeness (QED) is 0.102. The van der Waals surface area contributed by atoms with Gasteiger partial charge in [0.15, 0.2) is 11.5 Å². The van der Waals surface area contributed by atoms with E-state index >= 15 is 0 Å². The number of allylic oxidation sites excluding steroid dienone is 1. The number of ether oxygens (including phenoxy) is 3. The SMILES string of the molecule is C=CCc1cc(C=C(C#N)C(=O)NCc2ccc(OC)cc2)cc(OCC)c1OCc1ccc([N+](=O)[O-])cc1. The second-order valence-electron chi connectivity index (χ2n) is 8.35. The van der Waals surface area contributed by atoms with Gasteiger partial charge in [-0.05, 0) is 72.5 Å². The number of amides is 1. The molecule has 1 amide bonds. The summed E-state index contributed by atoms with van der Waals surface area (Å²) < 4.78 is 17.1. The van der Waals surface area contributed by atoms with Crippen molar-refractivity contribution in [3.05, 3.63) is 111 Å². The molecule has 3 aromatic rings. The van der Waals surface area contributed by atoms with Gasteiger partial charge in [0.2, 0.25) is 0 Å². The minimum absolute atomic E-state index is 0.00132. The van der Waals surface area contributed by atoms with Crippen LogP contribution in [0, 0.1) is 21.4 Å². The molecule has 9 heteroatoms. The van der Waals surface area contributed by atoms with Crippen LogP contribution in [-0.4, -0.2) is 24.5 Å². The lowest BCUT2D eigenvalue weighted by Crippen LogP contribution is -2.23. The molecular formula is C30H29N3O6. The lowest BCUT2D eigenvalue weighted by atomic mass is 10.0. The fraction of sp³-hybridized carbons (Fsp3) is 0.200. The number of nitriles is 1. The maximum atomic E-state index is 12.7. The molecule has 0 unspecified atom stereocenters. The van der Waals surface area contributed by atoms with Gasteiger partial charge in [0.25, 0.3) is 11.6 Å². The first-order chi connectivity index (χ1) is 18.9. The number of carbonyl (C=O) groups is 1. The van der Waals surface area contributed by atoms with Crippen molar-refractivity contribution in [2.75, 3.05) is 13.7 Å². The topological polar surface area (TPSA) is 124 Å². The van der Waals surface area contributed by atoms with E-state index in [0.29, 0.717) is 35.8 Å². The minimum Gasteiger partial charge on any atom is -0.497 e. The molecule has 0 saturated carbocycles. The van der Waals surface area contributed by atoms with Crippen molar-refractivity contribution in [2.45, 2.75) is 26.5 Å². The van der Waals surface area contributed by atoms with E-state index in [-0.39, 0.29) is 24.4 Å². The van der Waals surface area contributed by atoms with Crippen molar-refractivity contribution in [1.29, 1.82) is 5.26 Å². The van der Waals surface area contributed by atoms with Crippen LogP contribution in [0.2, 0.25) is 0 Å². The van der Waals surface area contributed by atoms with E-state index in [1.807, 2.05) is 31.2 Å². The predicted octanol–water partition coefficient (Wildman–Crippen LogP) is 5.53. The lowest BCUT2D eigenvalue weighted by molar-refractivity contribution is -0.384. The molecule has 0 aliphatic carbocycles. The Morgan fingerprint density at radius 1 is 1.10 bits per heavy atom. The number of non-ortho nitro benzene ring substituents is 1. The number of carbonyl (C=O) groups excluding carboxylic acids is 1. The van der Waals surface area contributed by atoms with Crippen molar-refractivity contribution >= 4 is 17.7 Å². The molecule has 3 rings (SSSR count). The van der Waals surface area contributed by atoms with E-state index in [9.17, 15) is 20.2 Å². The third-order valence-electron chi connectivity index (χ3n) is 5.64. The van der Waals surface area contributed by atoms with Crippen LogP contribution in [0.4, 0.5) is 5.69 Å². The fourth-order valence-corrected chi connectivity index (χ4v) is 3.71. The summed E-state index contributed by atoms with van der Waals surface area (Å²) in [6, 6.07) is 18.8. The molecule has 1 N–H and O–H groups in total. The Balaban J connectivity index is 1.83. The number of hydrogen-bond acceptors (Lipinski definition) is 7. The van der Waals surface area contributed by atoms with Gasteiger partial charge in [-0.3, -0.25) is 14.9 Å². The molecule has 0 atom stereocenters. The molecule has 0 saturated heterocycles. The first kappa shape index (κ1) is 28.5. The summed E-state index contributed by atoms with van der Waals surface area (Å²) in [6.45, 7) is 6.43. The van der Waals surface area contributed by atoms with Crippen LogP contribution < -0.4 is 19.5 Å². The molecule has 0 aromatic heterocycles. The molecule has 39 heavy (non-hydrogen) atoms. The predicted molar refractivity (Wildman–Crippen MR) is 147 cm³/mol. The molecule has 3 aromatic carbocycles. The molecule has 0 aliphatic heterocycles. The Hall–Kier alpha value is -5.10. The number of methoxy groups -OCH3 is 1. The standard InChI is InChI=1S/C30H29N3O6/c1-4-6-24-15-23(16-25(18-31)30(34)32-19-21-9-13-27(37-3)14-10-21)17-28(38-5-2)29(24)39-20-22-7-11-26(12-8-22)33(35)36/h4,7-17H,1,5-6,19-20H2,2-3H3,(H,32,34). The molecule has 0 radical (unpaired) electrons. The normalized spacial score (nSPS) is 10.7. The first-order valence-corrected chi connectivity index (χ1v) is 12.2. The van der Waals surface area contributed by atoms with E-state index < -0.39 is 10.8 Å². The Kier molecular flexibility index (Phi) is 10.2. The summed E-state index contributed by atoms with van der Waals surface area (Å²) in [5.41, 5.74) is 2.89. The Morgan fingerprint density at radius 2 is 1.79 bits per heavy atom. The van der Waals surface area contributed by atoms with Crippen molar-refractivity contribution < 1.29 is 23.9 Å². The highest BCUT2D eigenvalue weighted by Gasteiger charge is 2.16. The Morgan fingerprint density at radius 3 is 2.38 bits per heavy atom. The van der Waals surface area contributed by atoms with E-state index in [2.05, 4.69) is 11.9 Å². The minimum atomic E-state index is -0.505. The average Bonchev–Trinajstić information content (AvgIpc) is 2.95. The van der Waals surface area contributed by atoms with Crippen molar-refractivity contribution in [2.24, 2.45) is 0 Å². The second-order valence-corrected chi connectivity index (χ2v) is 8.35. The van der Waals surface area contributed by atoms with Gasteiger partial charge < -0.3 is 19.5 Å². The number of benzene rings is 3. The fourth-order valence-electron chi connectivity index (χ4n) is 3.71. The van der Waals surface area contributed by atoms with Crippen molar-refractivity contribution in [1.82, 2.24) is 5.32 Å². The number of nitro benzene ring substituents is 1. The maximum absolute atomic E-state index is 12.7. The van der Waals surface area contributed by atoms with Gasteiger partial charge in [0.05, 0.1) is 18.6 Å². The van der Waals surface area contributed by atoms with Gasteiger partial charge in [-0.1, -0.05) is 18.2 Å². The van der Waals surface area contributed by atoms with Crippen LogP contribution in [0.25, 0.3) is 6.08 Å². The zero-order valence-corrected chi connectivity index (χ0v) is 21.8. The van der Waals surface area contributed by atoms with Crippen molar-refractivity contribution in [3.63, 3.8) is 0 Å². The van der Waals surface area contributed by atoms with E-state index in [1.165, 1.54) is 18.2 Å². The molecule has 9 nitrogen and oxygen atoms in total. The number of nitrogens with zero attached hydrogens (tertiary/aromatic N) is 2. The summed E-state index contributed by atoms with van der Waals surface area (Å²) in [6.07, 6.45) is 3.66. The smallest absolute Gasteiger partial charge is 0.269 e. The van der Waals surface area contributed by atoms with E-state index in [0.717, 1.165) is 16.7 Å². The monoisotopic (exact) mass is 527 g/mol. The zero-order chi connectivity index (χ0) is 28.2. The van der Waals surface area contributed by atoms with Crippen LogP contribution >= 0.6 is 0 Å². The highest BCUT2D eigenvalue weighted by Crippen LogP contribution is 2.35. The molecule has 0 spiro atoms. The maximum Gasteiger partial charge on any atom is 0.269 e. The first-order valence-electron chi connectivity index (χ1n) is 12.2. The van der Waals surface area contributed by atoms with Gasteiger partial charge in [0.1, 0.15) is 24.0 Å². The molecule has 200 valence electrons. The van der Waals surface area contributed by atoms with Gasteiger partial charge in [0, 0.05) is 24.2 Å². The molecule has 0 fully saturated rings. The molecule has 0 heterocycles. The van der Waals surface area contributed by atoms with E-state index in [1.54, 1.807) is 43.5 Å². The number of nitrogens with one attached hydrogen (secondary N) is 1. The highest BCUT2D eigenvalue weighted by atomic mass is 16.6. The van der Waals surface area contributed by atoms with Crippen molar-refractivity contribution in [3.8, 4) is 23.3 Å². The summed E-state index contributed by atoms with van der Waals surface area (Å²) in [7, 11) is 1.58. The molecular weight excluding hydrogens is 498 g/mol. The number of rotatable bonds is 13. The van der Waals surface area contributed by atoms with E-state index in [4.69, 9.17) is 14.2 Å². The van der Waals surface area contributed by atoms with Crippen LogP contribution in [0.5, 0.6) is 17.2 Å². The van der Waals surface area contributed by atoms with Gasteiger partial charge in [-0.15, -0.1) is 6.58 Å². The average molecular weight is 528 g/mol. The van der Waals surface area contributed by atoms with Crippen LogP contribution in [0.1, 0.15) is 29.2 Å². The third kappa shape index (κ3) is 7.94. The van der Waals surface area contributed by atoms with Crippen LogP contribution in [0.3, 0.4) is 0 Å². The second kappa shape index (κ2) is 14.0.